The van der Waals surface area contributed by atoms with E-state index in [1.165, 1.54) is 6.92 Å². The molecular weight excluding hydrogens is 196 g/mol. The van der Waals surface area contributed by atoms with E-state index in [4.69, 9.17) is 4.74 Å². The highest BCUT2D eigenvalue weighted by Crippen LogP contribution is 1.94. The maximum Gasteiger partial charge on any atom is 0.303 e. The SMILES string of the molecule is CC(=O)OC(C)C=CCBr. The average Bonchev–Trinajstić information content (AvgIpc) is 1.82. The van der Waals surface area contributed by atoms with Crippen molar-refractivity contribution in [1.29, 1.82) is 0 Å². The van der Waals surface area contributed by atoms with Crippen LogP contribution in [0.3, 0.4) is 0 Å². The van der Waals surface area contributed by atoms with Gasteiger partial charge in [0.2, 0.25) is 0 Å². The number of carbonyl (C=O) groups is 1. The van der Waals surface area contributed by atoms with Gasteiger partial charge in [-0.1, -0.05) is 22.0 Å². The Balaban J connectivity index is 3.52. The van der Waals surface area contributed by atoms with Gasteiger partial charge in [-0.25, -0.2) is 0 Å². The van der Waals surface area contributed by atoms with Gasteiger partial charge < -0.3 is 4.74 Å². The zero-order chi connectivity index (χ0) is 7.98. The van der Waals surface area contributed by atoms with Crippen LogP contribution < -0.4 is 0 Å². The lowest BCUT2D eigenvalue weighted by molar-refractivity contribution is -0.143. The molecule has 0 saturated heterocycles. The van der Waals surface area contributed by atoms with Crippen molar-refractivity contribution in [3.05, 3.63) is 12.2 Å². The zero-order valence-electron chi connectivity index (χ0n) is 6.13. The molecule has 0 rings (SSSR count). The summed E-state index contributed by atoms with van der Waals surface area (Å²) in [5, 5.41) is 0.790. The van der Waals surface area contributed by atoms with E-state index < -0.39 is 0 Å². The van der Waals surface area contributed by atoms with Gasteiger partial charge in [0.05, 0.1) is 0 Å². The van der Waals surface area contributed by atoms with Crippen molar-refractivity contribution < 1.29 is 9.53 Å². The summed E-state index contributed by atoms with van der Waals surface area (Å²) < 4.78 is 4.81. The highest BCUT2D eigenvalue weighted by atomic mass is 79.9. The molecule has 2 nitrogen and oxygen atoms in total. The summed E-state index contributed by atoms with van der Waals surface area (Å²) in [6, 6.07) is 0. The molecule has 3 heteroatoms. The van der Waals surface area contributed by atoms with Crippen LogP contribution in [0.15, 0.2) is 12.2 Å². The smallest absolute Gasteiger partial charge is 0.303 e. The molecule has 1 atom stereocenters. The van der Waals surface area contributed by atoms with Gasteiger partial charge in [0.25, 0.3) is 0 Å². The lowest BCUT2D eigenvalue weighted by Crippen LogP contribution is -2.08. The summed E-state index contributed by atoms with van der Waals surface area (Å²) in [7, 11) is 0. The first-order valence-electron chi connectivity index (χ1n) is 3.06. The minimum atomic E-state index is -0.244. The summed E-state index contributed by atoms with van der Waals surface area (Å²) in [5.41, 5.74) is 0. The summed E-state index contributed by atoms with van der Waals surface area (Å²) in [4.78, 5) is 10.3. The first-order chi connectivity index (χ1) is 4.66. The Morgan fingerprint density at radius 2 is 2.40 bits per heavy atom. The zero-order valence-corrected chi connectivity index (χ0v) is 7.72. The van der Waals surface area contributed by atoms with E-state index >= 15 is 0 Å². The number of carbonyl (C=O) groups excluding carboxylic acids is 1. The van der Waals surface area contributed by atoms with Crippen molar-refractivity contribution in [3.63, 3.8) is 0 Å². The quantitative estimate of drug-likeness (QED) is 0.401. The molecule has 0 fully saturated rings. The van der Waals surface area contributed by atoms with Crippen LogP contribution in [0, 0.1) is 0 Å². The first kappa shape index (κ1) is 9.69. The number of ether oxygens (including phenoxy) is 1. The van der Waals surface area contributed by atoms with Gasteiger partial charge in [0, 0.05) is 12.3 Å². The van der Waals surface area contributed by atoms with Crippen molar-refractivity contribution in [3.8, 4) is 0 Å². The van der Waals surface area contributed by atoms with Crippen LogP contribution in [-0.2, 0) is 9.53 Å². The van der Waals surface area contributed by atoms with E-state index in [1.54, 1.807) is 0 Å². The van der Waals surface area contributed by atoms with Crippen LogP contribution in [-0.4, -0.2) is 17.4 Å². The van der Waals surface area contributed by atoms with Crippen molar-refractivity contribution >= 4 is 21.9 Å². The second-order valence-corrected chi connectivity index (χ2v) is 2.54. The highest BCUT2D eigenvalue weighted by molar-refractivity contribution is 9.09. The van der Waals surface area contributed by atoms with Crippen LogP contribution >= 0.6 is 15.9 Å². The fraction of sp³-hybridized carbons (Fsp3) is 0.571. The molecule has 58 valence electrons. The summed E-state index contributed by atoms with van der Waals surface area (Å²) in [5.74, 6) is -0.244. The number of alkyl halides is 1. The van der Waals surface area contributed by atoms with Crippen molar-refractivity contribution in [1.82, 2.24) is 0 Å². The van der Waals surface area contributed by atoms with E-state index in [2.05, 4.69) is 15.9 Å². The number of allylic oxidation sites excluding steroid dienone is 1. The number of rotatable bonds is 3. The third-order valence-corrected chi connectivity index (χ3v) is 1.22. The molecule has 0 aromatic carbocycles. The van der Waals surface area contributed by atoms with Crippen LogP contribution in [0.4, 0.5) is 0 Å². The lowest BCUT2D eigenvalue weighted by Gasteiger charge is -2.04. The largest absolute Gasteiger partial charge is 0.459 e. The molecule has 0 N–H and O–H groups in total. The Morgan fingerprint density at radius 1 is 1.80 bits per heavy atom. The molecule has 0 heterocycles. The van der Waals surface area contributed by atoms with Gasteiger partial charge in [-0.3, -0.25) is 4.79 Å². The fourth-order valence-corrected chi connectivity index (χ4v) is 0.760. The molecule has 0 aliphatic heterocycles. The molecule has 0 aliphatic carbocycles. The maximum atomic E-state index is 10.3. The van der Waals surface area contributed by atoms with Crippen molar-refractivity contribution in [2.45, 2.75) is 20.0 Å². The first-order valence-corrected chi connectivity index (χ1v) is 4.18. The van der Waals surface area contributed by atoms with Crippen molar-refractivity contribution in [2.75, 3.05) is 5.33 Å². The molecular formula is C7H11BrO2. The number of esters is 1. The predicted molar refractivity (Wildman–Crippen MR) is 44.2 cm³/mol. The Hall–Kier alpha value is -0.310. The predicted octanol–water partition coefficient (Wildman–Crippen LogP) is 1.89. The normalized spacial score (nSPS) is 13.5. The molecule has 10 heavy (non-hydrogen) atoms. The van der Waals surface area contributed by atoms with E-state index in [1.807, 2.05) is 19.1 Å². The van der Waals surface area contributed by atoms with Crippen LogP contribution in [0.1, 0.15) is 13.8 Å². The third-order valence-electron chi connectivity index (χ3n) is 0.848. The molecule has 0 bridgehead atoms. The van der Waals surface area contributed by atoms with E-state index in [0.717, 1.165) is 5.33 Å². The Labute approximate surface area is 69.4 Å². The summed E-state index contributed by atoms with van der Waals surface area (Å²) in [6.45, 7) is 3.22. The topological polar surface area (TPSA) is 26.3 Å². The second kappa shape index (κ2) is 5.47. The molecule has 1 unspecified atom stereocenters. The number of halogens is 1. The van der Waals surface area contributed by atoms with Crippen LogP contribution in [0.25, 0.3) is 0 Å². The van der Waals surface area contributed by atoms with Gasteiger partial charge in [-0.2, -0.15) is 0 Å². The second-order valence-electron chi connectivity index (χ2n) is 1.90. The lowest BCUT2D eigenvalue weighted by atomic mass is 10.4. The van der Waals surface area contributed by atoms with Gasteiger partial charge in [0.15, 0.2) is 0 Å². The van der Waals surface area contributed by atoms with E-state index in [0.29, 0.717) is 0 Å². The Morgan fingerprint density at radius 3 is 2.80 bits per heavy atom. The van der Waals surface area contributed by atoms with E-state index in [-0.39, 0.29) is 12.1 Å². The molecule has 0 aromatic rings. The number of hydrogen-bond donors (Lipinski definition) is 0. The summed E-state index contributed by atoms with van der Waals surface area (Å²) in [6.07, 6.45) is 3.61. The minimum absolute atomic E-state index is 0.116. The molecule has 0 spiro atoms. The standard InChI is InChI=1S/C7H11BrO2/c1-6(4-3-5-8)10-7(2)9/h3-4,6H,5H2,1-2H3. The molecule has 0 aliphatic rings. The minimum Gasteiger partial charge on any atom is -0.459 e. The van der Waals surface area contributed by atoms with Crippen molar-refractivity contribution in [2.24, 2.45) is 0 Å². The third kappa shape index (κ3) is 5.82. The highest BCUT2D eigenvalue weighted by Gasteiger charge is 1.97. The summed E-state index contributed by atoms with van der Waals surface area (Å²) >= 11 is 3.22. The molecule has 0 radical (unpaired) electrons. The van der Waals surface area contributed by atoms with Crippen LogP contribution in [0.2, 0.25) is 0 Å². The molecule has 0 amide bonds. The molecule has 0 saturated carbocycles. The Kier molecular flexibility index (Phi) is 5.30. The molecule has 0 aromatic heterocycles. The van der Waals surface area contributed by atoms with Gasteiger partial charge >= 0.3 is 5.97 Å². The van der Waals surface area contributed by atoms with Gasteiger partial charge in [-0.15, -0.1) is 0 Å². The van der Waals surface area contributed by atoms with Gasteiger partial charge in [-0.05, 0) is 13.0 Å². The van der Waals surface area contributed by atoms with E-state index in [9.17, 15) is 4.79 Å². The average molecular weight is 207 g/mol. The fourth-order valence-electron chi connectivity index (χ4n) is 0.544. The van der Waals surface area contributed by atoms with Crippen LogP contribution in [0.5, 0.6) is 0 Å². The number of hydrogen-bond acceptors (Lipinski definition) is 2. The van der Waals surface area contributed by atoms with Gasteiger partial charge in [0.1, 0.15) is 6.10 Å². The Bertz CT molecular complexity index is 132. The maximum absolute atomic E-state index is 10.3. The monoisotopic (exact) mass is 206 g/mol.